The normalized spacial score (nSPS) is 24.9. The molecule has 1 saturated carbocycles. The summed E-state index contributed by atoms with van der Waals surface area (Å²) in [4.78, 5) is 44.6. The second kappa shape index (κ2) is 13.5. The van der Waals surface area contributed by atoms with Gasteiger partial charge >= 0.3 is 6.09 Å². The molecule has 9 rings (SSSR count). The molecule has 11 nitrogen and oxygen atoms in total. The Morgan fingerprint density at radius 3 is 2.72 bits per heavy atom. The number of ether oxygens (including phenoxy) is 2. The van der Waals surface area contributed by atoms with Crippen molar-refractivity contribution in [3.05, 3.63) is 65.9 Å². The van der Waals surface area contributed by atoms with Crippen molar-refractivity contribution in [3.8, 4) is 40.5 Å². The first kappa shape index (κ1) is 34.4. The lowest BCUT2D eigenvalue weighted by Crippen LogP contribution is -2.51. The molecule has 2 aromatic heterocycles. The Hall–Kier alpha value is -5.34. The summed E-state index contributed by atoms with van der Waals surface area (Å²) in [5.41, 5.74) is 7.13. The van der Waals surface area contributed by atoms with E-state index in [4.69, 9.17) is 25.9 Å². The number of terminal acetylenes is 1. The number of fused-ring (bicyclic) bond motifs is 6. The lowest BCUT2D eigenvalue weighted by atomic mass is 9.92. The third-order valence-corrected chi connectivity index (χ3v) is 12.3. The Balaban J connectivity index is 0.957. The molecule has 7 atom stereocenters. The number of H-pyrrole nitrogens is 2. The molecule has 0 bridgehead atoms. The van der Waals surface area contributed by atoms with E-state index in [9.17, 15) is 9.59 Å². The summed E-state index contributed by atoms with van der Waals surface area (Å²) in [5.74, 6) is 7.41. The van der Waals surface area contributed by atoms with Crippen LogP contribution in [-0.4, -0.2) is 63.1 Å². The van der Waals surface area contributed by atoms with E-state index in [0.29, 0.717) is 25.4 Å². The number of aromatic nitrogens is 4. The molecule has 3 fully saturated rings. The SMILES string of the molecule is C#C[C@H]1C[C@@H](c2ncc(-c3ccc4c(c3)COc3cc5c(ccc6[nH]c([C@@H]7C[C@H](CC8C[C@@H]8C)CN7)nc65)cc3-4)[nH]2)N(C(=O)[C@@H](NC(=O)OC)C(C)C)C1. The Kier molecular flexibility index (Phi) is 8.61. The van der Waals surface area contributed by atoms with Crippen LogP contribution >= 0.6 is 0 Å². The van der Waals surface area contributed by atoms with Crippen LogP contribution in [0.2, 0.25) is 0 Å². The molecule has 3 aliphatic heterocycles. The highest BCUT2D eigenvalue weighted by Gasteiger charge is 2.41. The van der Waals surface area contributed by atoms with E-state index in [2.05, 4.69) is 75.9 Å². The zero-order valence-corrected chi connectivity index (χ0v) is 31.2. The van der Waals surface area contributed by atoms with Crippen LogP contribution in [0.5, 0.6) is 5.75 Å². The molecular formula is C43H47N7O4. The molecule has 0 radical (unpaired) electrons. The van der Waals surface area contributed by atoms with E-state index >= 15 is 0 Å². The molecule has 11 heteroatoms. The predicted molar refractivity (Wildman–Crippen MR) is 207 cm³/mol. The highest BCUT2D eigenvalue weighted by molar-refractivity contribution is 6.07. The fourth-order valence-corrected chi connectivity index (χ4v) is 8.98. The number of nitrogens with zero attached hydrogens (tertiary/aromatic N) is 3. The van der Waals surface area contributed by atoms with Gasteiger partial charge in [0, 0.05) is 23.4 Å². The lowest BCUT2D eigenvalue weighted by Gasteiger charge is -2.29. The fraction of sp³-hybridized carbons (Fsp3) is 0.442. The highest BCUT2D eigenvalue weighted by Crippen LogP contribution is 2.46. The summed E-state index contributed by atoms with van der Waals surface area (Å²) in [6.07, 6.45) is 11.4. The third kappa shape index (κ3) is 6.16. The van der Waals surface area contributed by atoms with Crippen molar-refractivity contribution < 1.29 is 19.1 Å². The molecule has 278 valence electrons. The van der Waals surface area contributed by atoms with Gasteiger partial charge in [-0.15, -0.1) is 12.3 Å². The van der Waals surface area contributed by atoms with E-state index < -0.39 is 12.1 Å². The number of amides is 2. The first-order valence-corrected chi connectivity index (χ1v) is 19.3. The van der Waals surface area contributed by atoms with Crippen molar-refractivity contribution in [3.63, 3.8) is 0 Å². The number of aromatic amines is 2. The maximum Gasteiger partial charge on any atom is 0.407 e. The summed E-state index contributed by atoms with van der Waals surface area (Å²) in [7, 11) is 1.29. The number of carbonyl (C=O) groups excluding carboxylic acids is 2. The molecule has 1 unspecified atom stereocenters. The number of alkyl carbamates (subject to hydrolysis) is 1. The summed E-state index contributed by atoms with van der Waals surface area (Å²) in [6, 6.07) is 14.2. The van der Waals surface area contributed by atoms with Crippen molar-refractivity contribution in [2.45, 2.75) is 71.2 Å². The Morgan fingerprint density at radius 2 is 1.94 bits per heavy atom. The minimum atomic E-state index is -0.753. The first-order chi connectivity index (χ1) is 26.2. The molecule has 54 heavy (non-hydrogen) atoms. The van der Waals surface area contributed by atoms with Gasteiger partial charge in [-0.1, -0.05) is 39.0 Å². The van der Waals surface area contributed by atoms with E-state index in [1.165, 1.54) is 20.0 Å². The zero-order valence-electron chi connectivity index (χ0n) is 31.2. The summed E-state index contributed by atoms with van der Waals surface area (Å²) in [5, 5.41) is 8.65. The number of methoxy groups -OCH3 is 1. The lowest BCUT2D eigenvalue weighted by molar-refractivity contribution is -0.135. The molecule has 0 spiro atoms. The number of hydrogen-bond donors (Lipinski definition) is 4. The summed E-state index contributed by atoms with van der Waals surface area (Å²) < 4.78 is 11.2. The average Bonchev–Trinajstić information content (AvgIpc) is 3.77. The number of carbonyl (C=O) groups is 2. The predicted octanol–water partition coefficient (Wildman–Crippen LogP) is 7.27. The second-order valence-electron chi connectivity index (χ2n) is 16.2. The van der Waals surface area contributed by atoms with Gasteiger partial charge in [0.25, 0.3) is 0 Å². The van der Waals surface area contributed by atoms with Crippen molar-refractivity contribution in [1.82, 2.24) is 35.5 Å². The minimum Gasteiger partial charge on any atom is -0.488 e. The van der Waals surface area contributed by atoms with Crippen LogP contribution in [-0.2, 0) is 16.1 Å². The summed E-state index contributed by atoms with van der Waals surface area (Å²) >= 11 is 0. The van der Waals surface area contributed by atoms with E-state index in [0.717, 1.165) is 92.0 Å². The van der Waals surface area contributed by atoms with Crippen LogP contribution < -0.4 is 15.4 Å². The topological polar surface area (TPSA) is 137 Å². The molecule has 2 saturated heterocycles. The smallest absolute Gasteiger partial charge is 0.407 e. The number of rotatable bonds is 8. The van der Waals surface area contributed by atoms with Crippen molar-refractivity contribution >= 4 is 33.8 Å². The van der Waals surface area contributed by atoms with Gasteiger partial charge in [-0.2, -0.15) is 0 Å². The van der Waals surface area contributed by atoms with Crippen molar-refractivity contribution in [1.29, 1.82) is 0 Å². The van der Waals surface area contributed by atoms with Gasteiger partial charge in [-0.05, 0) is 102 Å². The largest absolute Gasteiger partial charge is 0.488 e. The quantitative estimate of drug-likeness (QED) is 0.124. The fourth-order valence-electron chi connectivity index (χ4n) is 8.98. The zero-order chi connectivity index (χ0) is 37.2. The number of nitrogens with one attached hydrogen (secondary N) is 4. The molecule has 4 aliphatic rings. The van der Waals surface area contributed by atoms with Crippen LogP contribution in [0.4, 0.5) is 4.79 Å². The average molecular weight is 726 g/mol. The molecule has 1 aliphatic carbocycles. The van der Waals surface area contributed by atoms with Gasteiger partial charge in [-0.25, -0.2) is 14.8 Å². The van der Waals surface area contributed by atoms with E-state index in [1.54, 1.807) is 11.1 Å². The van der Waals surface area contributed by atoms with Crippen LogP contribution in [0.3, 0.4) is 0 Å². The minimum absolute atomic E-state index is 0.126. The number of imidazole rings is 2. The Morgan fingerprint density at radius 1 is 1.09 bits per heavy atom. The highest BCUT2D eigenvalue weighted by atomic mass is 16.5. The monoisotopic (exact) mass is 725 g/mol. The van der Waals surface area contributed by atoms with E-state index in [1.807, 2.05) is 13.8 Å². The number of benzene rings is 3. The molecule has 3 aromatic carbocycles. The van der Waals surface area contributed by atoms with Crippen LogP contribution in [0.15, 0.2) is 48.7 Å². The molecule has 2 amide bonds. The Bertz CT molecular complexity index is 2320. The van der Waals surface area contributed by atoms with Gasteiger partial charge in [0.1, 0.15) is 30.0 Å². The van der Waals surface area contributed by atoms with Crippen LogP contribution in [0.25, 0.3) is 44.2 Å². The van der Waals surface area contributed by atoms with Gasteiger partial charge < -0.3 is 35.0 Å². The van der Waals surface area contributed by atoms with Crippen LogP contribution in [0.1, 0.15) is 75.8 Å². The van der Waals surface area contributed by atoms with E-state index in [-0.39, 0.29) is 29.8 Å². The Labute approximate surface area is 315 Å². The number of likely N-dealkylation sites (tertiary alicyclic amines) is 1. The molecule has 4 N–H and O–H groups in total. The third-order valence-electron chi connectivity index (χ3n) is 12.3. The van der Waals surface area contributed by atoms with Gasteiger partial charge in [0.05, 0.1) is 42.1 Å². The molecular weight excluding hydrogens is 679 g/mol. The summed E-state index contributed by atoms with van der Waals surface area (Å²) in [6.45, 7) is 8.04. The first-order valence-electron chi connectivity index (χ1n) is 19.3. The van der Waals surface area contributed by atoms with Crippen molar-refractivity contribution in [2.75, 3.05) is 20.2 Å². The van der Waals surface area contributed by atoms with Crippen molar-refractivity contribution in [2.24, 2.45) is 29.6 Å². The standard InChI is InChI=1S/C43H47N7O4/c1-6-24-14-36(50(20-24)42(51)38(22(2)3)49-43(52)53-5)41-45-19-35(47-41)27-7-9-30-29(15-27)21-54-37-17-31-26(16-32(30)37)8-10-33-39(31)48-40(46-33)34-13-25(18-44-34)12-28-11-23(28)4/h1,7-10,15-17,19,22-25,28,34,36,38,44H,11-14,18,20-21H2,2-5H3,(H,45,47)(H,46,48)(H,49,52)/t23-,24-,25-,28?,34-,36-,38-/m0/s1. The maximum absolute atomic E-state index is 13.8. The van der Waals surface area contributed by atoms with Gasteiger partial charge in [-0.3, -0.25) is 4.79 Å². The van der Waals surface area contributed by atoms with Crippen LogP contribution in [0, 0.1) is 41.9 Å². The van der Waals surface area contributed by atoms with Gasteiger partial charge in [0.15, 0.2) is 0 Å². The number of hydrogen-bond acceptors (Lipinski definition) is 7. The maximum atomic E-state index is 13.8. The second-order valence-corrected chi connectivity index (χ2v) is 16.2. The molecule has 5 aromatic rings. The molecule has 5 heterocycles. The van der Waals surface area contributed by atoms with Gasteiger partial charge in [0.2, 0.25) is 5.91 Å².